The van der Waals surface area contributed by atoms with Crippen molar-refractivity contribution in [2.24, 2.45) is 0 Å². The minimum absolute atomic E-state index is 0.0231. The van der Waals surface area contributed by atoms with Crippen LogP contribution in [0.3, 0.4) is 0 Å². The smallest absolute Gasteiger partial charge is 0.274 e. The van der Waals surface area contributed by atoms with Gasteiger partial charge in [0, 0.05) is 22.7 Å². The lowest BCUT2D eigenvalue weighted by Gasteiger charge is -2.06. The first kappa shape index (κ1) is 19.5. The van der Waals surface area contributed by atoms with E-state index in [1.165, 1.54) is 21.9 Å². The number of anilines is 4. The van der Waals surface area contributed by atoms with Crippen molar-refractivity contribution in [3.05, 3.63) is 88.0 Å². The van der Waals surface area contributed by atoms with Crippen LogP contribution in [0.5, 0.6) is 0 Å². The average Bonchev–Trinajstić information content (AvgIpc) is 3.40. The van der Waals surface area contributed by atoms with Crippen LogP contribution in [0.1, 0.15) is 10.4 Å². The molecule has 2 aromatic carbocycles. The summed E-state index contributed by atoms with van der Waals surface area (Å²) in [6.45, 7) is 0. The number of thiazole rings is 1. The van der Waals surface area contributed by atoms with Gasteiger partial charge in [-0.3, -0.25) is 20.0 Å². The largest absolute Gasteiger partial charge is 0.383 e. The molecule has 5 rings (SSSR count). The number of amides is 1. The van der Waals surface area contributed by atoms with Gasteiger partial charge in [0.15, 0.2) is 10.8 Å². The molecule has 32 heavy (non-hydrogen) atoms. The molecule has 0 spiro atoms. The highest BCUT2D eigenvalue weighted by Gasteiger charge is 2.23. The molecule has 0 saturated carbocycles. The van der Waals surface area contributed by atoms with Gasteiger partial charge >= 0.3 is 0 Å². The van der Waals surface area contributed by atoms with Gasteiger partial charge in [0.05, 0.1) is 5.69 Å². The second kappa shape index (κ2) is 8.00. The summed E-state index contributed by atoms with van der Waals surface area (Å²) in [4.78, 5) is 34.4. The first-order chi connectivity index (χ1) is 15.6. The van der Waals surface area contributed by atoms with Crippen molar-refractivity contribution in [2.45, 2.75) is 0 Å². The SMILES string of the molecule is Nc1cc(=O)n2[nH]c(Nc3ccccc3)c(C(=O)Nc3nc(-c4ccccc4)cs3)c2n1. The van der Waals surface area contributed by atoms with Gasteiger partial charge in [-0.1, -0.05) is 48.5 Å². The van der Waals surface area contributed by atoms with Crippen LogP contribution in [-0.4, -0.2) is 25.5 Å². The number of aromatic amines is 1. The molecule has 0 radical (unpaired) electrons. The molecule has 158 valence electrons. The van der Waals surface area contributed by atoms with E-state index in [2.05, 4.69) is 25.7 Å². The van der Waals surface area contributed by atoms with Gasteiger partial charge in [-0.2, -0.15) is 4.52 Å². The number of nitrogens with zero attached hydrogens (tertiary/aromatic N) is 3. The first-order valence-electron chi connectivity index (χ1n) is 9.64. The Hall–Kier alpha value is -4.44. The maximum absolute atomic E-state index is 13.3. The van der Waals surface area contributed by atoms with Crippen LogP contribution in [-0.2, 0) is 0 Å². The second-order valence-electron chi connectivity index (χ2n) is 6.89. The molecule has 0 aliphatic rings. The molecule has 5 aromatic rings. The second-order valence-corrected chi connectivity index (χ2v) is 7.75. The maximum Gasteiger partial charge on any atom is 0.274 e. The van der Waals surface area contributed by atoms with Crippen molar-refractivity contribution in [3.63, 3.8) is 0 Å². The zero-order valence-electron chi connectivity index (χ0n) is 16.6. The van der Waals surface area contributed by atoms with Crippen molar-refractivity contribution >= 4 is 45.3 Å². The topological polar surface area (TPSA) is 130 Å². The molecule has 0 aliphatic heterocycles. The molecule has 3 heterocycles. The van der Waals surface area contributed by atoms with E-state index in [1.54, 1.807) is 0 Å². The highest BCUT2D eigenvalue weighted by atomic mass is 32.1. The van der Waals surface area contributed by atoms with Gasteiger partial charge in [-0.05, 0) is 12.1 Å². The molecule has 1 amide bonds. The van der Waals surface area contributed by atoms with Gasteiger partial charge in [-0.25, -0.2) is 9.97 Å². The molecule has 3 aromatic heterocycles. The Bertz CT molecular complexity index is 1470. The van der Waals surface area contributed by atoms with Crippen LogP contribution in [0, 0.1) is 0 Å². The molecule has 0 fully saturated rings. The van der Waals surface area contributed by atoms with E-state index in [9.17, 15) is 9.59 Å². The number of carbonyl (C=O) groups is 1. The third kappa shape index (κ3) is 3.70. The number of aromatic nitrogens is 4. The minimum atomic E-state index is -0.478. The Morgan fingerprint density at radius 3 is 2.50 bits per heavy atom. The molecule has 5 N–H and O–H groups in total. The number of nitrogen functional groups attached to an aromatic ring is 1. The Morgan fingerprint density at radius 2 is 1.75 bits per heavy atom. The van der Waals surface area contributed by atoms with Crippen molar-refractivity contribution in [1.29, 1.82) is 0 Å². The highest BCUT2D eigenvalue weighted by Crippen LogP contribution is 2.27. The first-order valence-corrected chi connectivity index (χ1v) is 10.5. The van der Waals surface area contributed by atoms with E-state index in [0.29, 0.717) is 10.9 Å². The van der Waals surface area contributed by atoms with E-state index >= 15 is 0 Å². The average molecular weight is 443 g/mol. The van der Waals surface area contributed by atoms with Crippen LogP contribution in [0.15, 0.2) is 76.9 Å². The van der Waals surface area contributed by atoms with Crippen LogP contribution < -0.4 is 21.9 Å². The third-order valence-corrected chi connectivity index (χ3v) is 5.46. The van der Waals surface area contributed by atoms with Gasteiger partial charge < -0.3 is 11.1 Å². The quantitative estimate of drug-likeness (QED) is 0.327. The molecule has 10 heteroatoms. The zero-order chi connectivity index (χ0) is 22.1. The van der Waals surface area contributed by atoms with E-state index in [1.807, 2.05) is 66.0 Å². The van der Waals surface area contributed by atoms with E-state index in [-0.39, 0.29) is 17.0 Å². The fraction of sp³-hybridized carbons (Fsp3) is 0. The van der Waals surface area contributed by atoms with Gasteiger partial charge in [0.25, 0.3) is 11.5 Å². The molecule has 9 nitrogen and oxygen atoms in total. The van der Waals surface area contributed by atoms with Crippen LogP contribution in [0.2, 0.25) is 0 Å². The van der Waals surface area contributed by atoms with Crippen LogP contribution >= 0.6 is 11.3 Å². The van der Waals surface area contributed by atoms with Crippen LogP contribution in [0.25, 0.3) is 16.9 Å². The van der Waals surface area contributed by atoms with Crippen LogP contribution in [0.4, 0.5) is 22.5 Å². The molecule has 0 atom stereocenters. The van der Waals surface area contributed by atoms with Crippen molar-refractivity contribution in [2.75, 3.05) is 16.4 Å². The predicted octanol–water partition coefficient (Wildman–Crippen LogP) is 3.72. The number of carbonyl (C=O) groups excluding carboxylic acids is 1. The monoisotopic (exact) mass is 443 g/mol. The summed E-state index contributed by atoms with van der Waals surface area (Å²) in [7, 11) is 0. The van der Waals surface area contributed by atoms with Crippen molar-refractivity contribution < 1.29 is 4.79 Å². The molecule has 0 saturated heterocycles. The Morgan fingerprint density at radius 1 is 1.03 bits per heavy atom. The molecular formula is C22H17N7O2S. The van der Waals surface area contributed by atoms with Gasteiger partial charge in [-0.15, -0.1) is 11.3 Å². The minimum Gasteiger partial charge on any atom is -0.383 e. The maximum atomic E-state index is 13.3. The fourth-order valence-corrected chi connectivity index (χ4v) is 3.97. The summed E-state index contributed by atoms with van der Waals surface area (Å²) in [6, 6.07) is 20.1. The summed E-state index contributed by atoms with van der Waals surface area (Å²) in [6.07, 6.45) is 0. The molecule has 0 unspecified atom stereocenters. The highest BCUT2D eigenvalue weighted by molar-refractivity contribution is 7.14. The number of fused-ring (bicyclic) bond motifs is 1. The van der Waals surface area contributed by atoms with E-state index in [0.717, 1.165) is 16.9 Å². The number of benzene rings is 2. The number of hydrogen-bond donors (Lipinski definition) is 4. The lowest BCUT2D eigenvalue weighted by atomic mass is 10.2. The van der Waals surface area contributed by atoms with Crippen molar-refractivity contribution in [3.8, 4) is 11.3 Å². The summed E-state index contributed by atoms with van der Waals surface area (Å²) >= 11 is 1.30. The standard InChI is InChI=1S/C22H17N7O2S/c23-16-11-17(30)29-20(26-16)18(19(28-29)24-14-9-5-2-6-10-14)21(31)27-22-25-15(12-32-22)13-7-3-1-4-8-13/h1-12,24,28H,23H2,(H,25,27,31). The third-order valence-electron chi connectivity index (χ3n) is 4.70. The number of nitrogens with two attached hydrogens (primary N) is 1. The summed E-state index contributed by atoms with van der Waals surface area (Å²) in [5.41, 5.74) is 8.05. The Balaban J connectivity index is 1.53. The Kier molecular flexibility index (Phi) is 4.88. The van der Waals surface area contributed by atoms with E-state index < -0.39 is 11.5 Å². The van der Waals surface area contributed by atoms with Gasteiger partial charge in [0.1, 0.15) is 17.2 Å². The Labute approximate surface area is 185 Å². The summed E-state index contributed by atoms with van der Waals surface area (Å²) in [5, 5.41) is 11.1. The normalized spacial score (nSPS) is 10.9. The lowest BCUT2D eigenvalue weighted by molar-refractivity contribution is 0.102. The van der Waals surface area contributed by atoms with E-state index in [4.69, 9.17) is 5.73 Å². The number of rotatable bonds is 5. The molecule has 0 bridgehead atoms. The number of para-hydroxylation sites is 1. The summed E-state index contributed by atoms with van der Waals surface area (Å²) in [5.74, 6) is -0.146. The predicted molar refractivity (Wildman–Crippen MR) is 125 cm³/mol. The fourth-order valence-electron chi connectivity index (χ4n) is 3.26. The molecular weight excluding hydrogens is 426 g/mol. The molecule has 0 aliphatic carbocycles. The number of hydrogen-bond acceptors (Lipinski definition) is 7. The summed E-state index contributed by atoms with van der Waals surface area (Å²) < 4.78 is 1.17. The van der Waals surface area contributed by atoms with Gasteiger partial charge in [0.2, 0.25) is 0 Å². The van der Waals surface area contributed by atoms with Crippen molar-refractivity contribution in [1.82, 2.24) is 19.6 Å². The zero-order valence-corrected chi connectivity index (χ0v) is 17.4. The number of nitrogens with one attached hydrogen (secondary N) is 3. The number of H-pyrrole nitrogens is 1. The lowest BCUT2D eigenvalue weighted by Crippen LogP contribution is -2.17.